The van der Waals surface area contributed by atoms with Crippen molar-refractivity contribution in [3.05, 3.63) is 11.6 Å². The standard InChI is InChI=1S/C25H32O8/c1-23-9-7-15(26)11-14(23)3-4-16-17-8-10-25(32,24(17,2)12-18(27)22(16)23)19(28)13-33-21(31)6-5-20(29)30/h11,16-17,22,32H,3-10,12-13H2,1-2H3,(H,29,30)/t16?,17?,22?,23-,24-,25-/m0/s1. The van der Waals surface area contributed by atoms with Crippen molar-refractivity contribution >= 4 is 29.3 Å². The number of allylic oxidation sites excluding steroid dienone is 1. The number of aliphatic hydroxyl groups is 1. The number of carboxylic acid groups (broad SMARTS) is 1. The van der Waals surface area contributed by atoms with Crippen molar-refractivity contribution in [2.45, 2.75) is 77.2 Å². The summed E-state index contributed by atoms with van der Waals surface area (Å²) in [5.74, 6) is -2.62. The fraction of sp³-hybridized carbons (Fsp3) is 0.720. The molecule has 0 saturated heterocycles. The molecule has 8 nitrogen and oxygen atoms in total. The third-order valence-corrected chi connectivity index (χ3v) is 9.18. The van der Waals surface area contributed by atoms with Gasteiger partial charge in [-0.2, -0.15) is 0 Å². The molecular formula is C25H32O8. The molecule has 3 fully saturated rings. The van der Waals surface area contributed by atoms with Crippen LogP contribution in [0.15, 0.2) is 11.6 Å². The summed E-state index contributed by atoms with van der Waals surface area (Å²) in [6.07, 6.45) is 4.46. The molecule has 8 heteroatoms. The highest BCUT2D eigenvalue weighted by atomic mass is 16.5. The molecule has 0 spiro atoms. The molecule has 0 heterocycles. The number of fused-ring (bicyclic) bond motifs is 5. The maximum Gasteiger partial charge on any atom is 0.306 e. The molecule has 33 heavy (non-hydrogen) atoms. The molecule has 3 unspecified atom stereocenters. The zero-order chi connectivity index (χ0) is 24.2. The lowest BCUT2D eigenvalue weighted by Gasteiger charge is -2.57. The summed E-state index contributed by atoms with van der Waals surface area (Å²) in [7, 11) is 0. The highest BCUT2D eigenvalue weighted by Crippen LogP contribution is 2.66. The number of esters is 1. The van der Waals surface area contributed by atoms with Crippen molar-refractivity contribution in [2.75, 3.05) is 6.61 Å². The molecule has 180 valence electrons. The van der Waals surface area contributed by atoms with Crippen LogP contribution in [-0.2, 0) is 28.7 Å². The Kier molecular flexibility index (Phi) is 5.88. The van der Waals surface area contributed by atoms with Gasteiger partial charge in [-0.25, -0.2) is 0 Å². The molecule has 3 saturated carbocycles. The lowest BCUT2D eigenvalue weighted by atomic mass is 9.46. The second kappa shape index (κ2) is 8.15. The zero-order valence-electron chi connectivity index (χ0n) is 19.2. The van der Waals surface area contributed by atoms with Crippen LogP contribution in [-0.4, -0.2) is 51.7 Å². The van der Waals surface area contributed by atoms with Gasteiger partial charge in [0.05, 0.1) is 12.8 Å². The van der Waals surface area contributed by atoms with E-state index >= 15 is 0 Å². The van der Waals surface area contributed by atoms with Gasteiger partial charge in [0.1, 0.15) is 11.4 Å². The molecule has 0 bridgehead atoms. The van der Waals surface area contributed by atoms with Gasteiger partial charge in [0.25, 0.3) is 0 Å². The predicted molar refractivity (Wildman–Crippen MR) is 115 cm³/mol. The Bertz CT molecular complexity index is 950. The summed E-state index contributed by atoms with van der Waals surface area (Å²) in [4.78, 5) is 61.0. The molecule has 0 aliphatic heterocycles. The Morgan fingerprint density at radius 3 is 2.52 bits per heavy atom. The van der Waals surface area contributed by atoms with Crippen LogP contribution < -0.4 is 0 Å². The summed E-state index contributed by atoms with van der Waals surface area (Å²) in [6, 6.07) is 0. The van der Waals surface area contributed by atoms with Crippen LogP contribution in [0.25, 0.3) is 0 Å². The first-order valence-electron chi connectivity index (χ1n) is 11.8. The van der Waals surface area contributed by atoms with E-state index in [9.17, 15) is 29.1 Å². The molecule has 0 aromatic heterocycles. The smallest absolute Gasteiger partial charge is 0.306 e. The molecule has 2 N–H and O–H groups in total. The van der Waals surface area contributed by atoms with Gasteiger partial charge in [0.2, 0.25) is 5.78 Å². The van der Waals surface area contributed by atoms with Crippen molar-refractivity contribution in [3.63, 3.8) is 0 Å². The molecule has 4 aliphatic rings. The van der Waals surface area contributed by atoms with Gasteiger partial charge in [0.15, 0.2) is 12.4 Å². The first kappa shape index (κ1) is 23.8. The molecule has 0 amide bonds. The second-order valence-corrected chi connectivity index (χ2v) is 10.8. The van der Waals surface area contributed by atoms with Gasteiger partial charge >= 0.3 is 11.9 Å². The quantitative estimate of drug-likeness (QED) is 0.577. The first-order chi connectivity index (χ1) is 15.4. The minimum Gasteiger partial charge on any atom is -0.481 e. The maximum atomic E-state index is 13.6. The normalized spacial score (nSPS) is 39.7. The van der Waals surface area contributed by atoms with E-state index in [0.29, 0.717) is 19.3 Å². The van der Waals surface area contributed by atoms with Crippen LogP contribution in [0.1, 0.15) is 71.6 Å². The number of hydrogen-bond donors (Lipinski definition) is 2. The van der Waals surface area contributed by atoms with E-state index in [2.05, 4.69) is 6.92 Å². The third kappa shape index (κ3) is 3.66. The van der Waals surface area contributed by atoms with E-state index in [1.807, 2.05) is 0 Å². The number of ether oxygens (including phenoxy) is 1. The van der Waals surface area contributed by atoms with Crippen molar-refractivity contribution in [3.8, 4) is 0 Å². The summed E-state index contributed by atoms with van der Waals surface area (Å²) < 4.78 is 4.95. The monoisotopic (exact) mass is 460 g/mol. The van der Waals surface area contributed by atoms with Gasteiger partial charge in [0, 0.05) is 24.2 Å². The lowest BCUT2D eigenvalue weighted by Crippen LogP contribution is -2.61. The van der Waals surface area contributed by atoms with Crippen molar-refractivity contribution in [1.29, 1.82) is 0 Å². The highest BCUT2D eigenvalue weighted by molar-refractivity contribution is 5.95. The predicted octanol–water partition coefficient (Wildman–Crippen LogP) is 2.41. The molecule has 0 aromatic carbocycles. The number of hydrogen-bond acceptors (Lipinski definition) is 7. The Morgan fingerprint density at radius 1 is 1.09 bits per heavy atom. The Morgan fingerprint density at radius 2 is 1.82 bits per heavy atom. The molecule has 0 radical (unpaired) electrons. The van der Waals surface area contributed by atoms with Gasteiger partial charge < -0.3 is 14.9 Å². The second-order valence-electron chi connectivity index (χ2n) is 10.8. The number of Topliss-reactive ketones (excluding diaryl/α,β-unsaturated/α-hetero) is 2. The van der Waals surface area contributed by atoms with Crippen LogP contribution in [0, 0.1) is 28.6 Å². The van der Waals surface area contributed by atoms with Crippen molar-refractivity contribution in [1.82, 2.24) is 0 Å². The summed E-state index contributed by atoms with van der Waals surface area (Å²) >= 11 is 0. The van der Waals surface area contributed by atoms with Crippen LogP contribution >= 0.6 is 0 Å². The third-order valence-electron chi connectivity index (χ3n) is 9.18. The van der Waals surface area contributed by atoms with Crippen molar-refractivity contribution < 1.29 is 38.9 Å². The average Bonchev–Trinajstić information content (AvgIpc) is 3.02. The Labute approximate surface area is 192 Å². The van der Waals surface area contributed by atoms with Crippen LogP contribution in [0.3, 0.4) is 0 Å². The van der Waals surface area contributed by atoms with Crippen LogP contribution in [0.4, 0.5) is 0 Å². The largest absolute Gasteiger partial charge is 0.481 e. The Balaban J connectivity index is 1.53. The first-order valence-corrected chi connectivity index (χ1v) is 11.8. The van der Waals surface area contributed by atoms with Gasteiger partial charge in [-0.1, -0.05) is 19.4 Å². The molecule has 6 atom stereocenters. The lowest BCUT2D eigenvalue weighted by molar-refractivity contribution is -0.174. The molecular weight excluding hydrogens is 428 g/mol. The van der Waals surface area contributed by atoms with Gasteiger partial charge in [-0.15, -0.1) is 0 Å². The van der Waals surface area contributed by atoms with Gasteiger partial charge in [-0.05, 0) is 55.4 Å². The van der Waals surface area contributed by atoms with E-state index in [1.165, 1.54) is 0 Å². The summed E-state index contributed by atoms with van der Waals surface area (Å²) in [6.45, 7) is 3.26. The van der Waals surface area contributed by atoms with Gasteiger partial charge in [-0.3, -0.25) is 24.0 Å². The minimum atomic E-state index is -1.77. The van der Waals surface area contributed by atoms with E-state index in [4.69, 9.17) is 9.84 Å². The Hall–Kier alpha value is -2.35. The minimum absolute atomic E-state index is 0.0205. The number of aliphatic carboxylic acids is 1. The SMILES string of the molecule is C[C@]12CCC(=O)C=C1CCC1C2C(=O)C[C@@]2(C)C1CC[C@]2(O)C(=O)COC(=O)CCC(=O)O. The van der Waals surface area contributed by atoms with Crippen molar-refractivity contribution in [2.24, 2.45) is 28.6 Å². The number of ketones is 3. The molecule has 0 aromatic rings. The van der Waals surface area contributed by atoms with Crippen LogP contribution in [0.2, 0.25) is 0 Å². The fourth-order valence-corrected chi connectivity index (χ4v) is 7.39. The topological polar surface area (TPSA) is 135 Å². The number of carboxylic acids is 1. The summed E-state index contributed by atoms with van der Waals surface area (Å²) in [5, 5.41) is 20.2. The number of carbonyl (C=O) groups is 5. The van der Waals surface area contributed by atoms with E-state index in [1.54, 1.807) is 13.0 Å². The number of carbonyl (C=O) groups excluding carboxylic acids is 4. The molecule has 4 aliphatic carbocycles. The van der Waals surface area contributed by atoms with Crippen LogP contribution in [0.5, 0.6) is 0 Å². The number of rotatable bonds is 6. The van der Waals surface area contributed by atoms with E-state index < -0.39 is 41.8 Å². The van der Waals surface area contributed by atoms with E-state index in [0.717, 1.165) is 18.4 Å². The fourth-order valence-electron chi connectivity index (χ4n) is 7.39. The highest BCUT2D eigenvalue weighted by Gasteiger charge is 2.68. The maximum absolute atomic E-state index is 13.6. The van der Waals surface area contributed by atoms with E-state index in [-0.39, 0.29) is 54.0 Å². The summed E-state index contributed by atoms with van der Waals surface area (Å²) in [5.41, 5.74) is -2.00. The zero-order valence-corrected chi connectivity index (χ0v) is 19.2. The molecule has 4 rings (SSSR count). The average molecular weight is 461 g/mol.